The Bertz CT molecular complexity index is 1200. The molecule has 0 fully saturated rings. The topological polar surface area (TPSA) is 97.0 Å². The van der Waals surface area contributed by atoms with Crippen LogP contribution < -0.4 is 20.1 Å². The summed E-state index contributed by atoms with van der Waals surface area (Å²) in [6.45, 7) is 0.589. The first-order valence-electron chi connectivity index (χ1n) is 11.3. The van der Waals surface area contributed by atoms with Gasteiger partial charge in [-0.15, -0.1) is 0 Å². The first-order valence-corrected chi connectivity index (χ1v) is 11.3. The van der Waals surface area contributed by atoms with Crippen LogP contribution in [0.5, 0.6) is 11.5 Å². The lowest BCUT2D eigenvalue weighted by atomic mass is 10.0. The van der Waals surface area contributed by atoms with Crippen molar-refractivity contribution in [2.45, 2.75) is 12.6 Å². The van der Waals surface area contributed by atoms with E-state index in [0.717, 1.165) is 5.56 Å². The highest BCUT2D eigenvalue weighted by Crippen LogP contribution is 2.34. The fourth-order valence-corrected chi connectivity index (χ4v) is 4.01. The van der Waals surface area contributed by atoms with Gasteiger partial charge in [0.15, 0.2) is 11.5 Å². The smallest absolute Gasteiger partial charge is 0.255 e. The number of hydrogen-bond donors (Lipinski definition) is 2. The van der Waals surface area contributed by atoms with Crippen LogP contribution in [0.3, 0.4) is 0 Å². The molecule has 0 radical (unpaired) electrons. The van der Waals surface area contributed by atoms with Gasteiger partial charge in [-0.25, -0.2) is 0 Å². The summed E-state index contributed by atoms with van der Waals surface area (Å²) in [4.78, 5) is 40.0. The number of amides is 3. The molecular formula is C27H27N3O5. The maximum Gasteiger partial charge on any atom is 0.255 e. The van der Waals surface area contributed by atoms with E-state index >= 15 is 0 Å². The molecule has 1 heterocycles. The van der Waals surface area contributed by atoms with Gasteiger partial charge in [-0.3, -0.25) is 14.4 Å². The molecule has 3 amide bonds. The van der Waals surface area contributed by atoms with Crippen molar-refractivity contribution in [2.75, 3.05) is 26.8 Å². The number of para-hydroxylation sites is 2. The zero-order chi connectivity index (χ0) is 24.6. The number of nitrogens with one attached hydrogen (secondary N) is 2. The second-order valence-corrected chi connectivity index (χ2v) is 7.98. The second-order valence-electron chi connectivity index (χ2n) is 7.98. The highest BCUT2D eigenvalue weighted by Gasteiger charge is 2.40. The van der Waals surface area contributed by atoms with Gasteiger partial charge in [0, 0.05) is 12.1 Å². The van der Waals surface area contributed by atoms with Crippen molar-refractivity contribution in [1.29, 1.82) is 0 Å². The highest BCUT2D eigenvalue weighted by molar-refractivity contribution is 6.05. The Morgan fingerprint density at radius 2 is 1.57 bits per heavy atom. The fraction of sp³-hybridized carbons (Fsp3) is 0.222. The van der Waals surface area contributed by atoms with E-state index in [-0.39, 0.29) is 31.5 Å². The molecule has 4 rings (SSSR count). The summed E-state index contributed by atoms with van der Waals surface area (Å²) in [6, 6.07) is 23.0. The van der Waals surface area contributed by atoms with Gasteiger partial charge >= 0.3 is 0 Å². The largest absolute Gasteiger partial charge is 0.493 e. The zero-order valence-electron chi connectivity index (χ0n) is 19.4. The number of fused-ring (bicyclic) bond motifs is 1. The van der Waals surface area contributed by atoms with E-state index in [9.17, 15) is 14.4 Å². The van der Waals surface area contributed by atoms with Gasteiger partial charge in [0.1, 0.15) is 12.6 Å². The third-order valence-corrected chi connectivity index (χ3v) is 5.68. The molecule has 1 unspecified atom stereocenters. The number of rotatable bonds is 10. The fourth-order valence-electron chi connectivity index (χ4n) is 4.01. The third-order valence-electron chi connectivity index (χ3n) is 5.68. The Morgan fingerprint density at radius 1 is 0.886 bits per heavy atom. The first kappa shape index (κ1) is 23.8. The maximum absolute atomic E-state index is 13.1. The van der Waals surface area contributed by atoms with Crippen LogP contribution in [0, 0.1) is 0 Å². The van der Waals surface area contributed by atoms with Crippen LogP contribution >= 0.6 is 0 Å². The molecule has 3 aromatic carbocycles. The summed E-state index contributed by atoms with van der Waals surface area (Å²) in [6.07, 6.45) is 0. The number of ether oxygens (including phenoxy) is 2. The predicted octanol–water partition coefficient (Wildman–Crippen LogP) is 2.70. The maximum atomic E-state index is 13.1. The molecule has 0 saturated heterocycles. The Morgan fingerprint density at radius 3 is 2.34 bits per heavy atom. The van der Waals surface area contributed by atoms with E-state index < -0.39 is 11.9 Å². The molecule has 0 aromatic heterocycles. The van der Waals surface area contributed by atoms with Crippen molar-refractivity contribution in [3.8, 4) is 11.5 Å². The molecule has 8 nitrogen and oxygen atoms in total. The van der Waals surface area contributed by atoms with Crippen LogP contribution in [-0.4, -0.2) is 49.4 Å². The summed E-state index contributed by atoms with van der Waals surface area (Å²) in [5.41, 5.74) is 2.05. The minimum absolute atomic E-state index is 0.206. The lowest BCUT2D eigenvalue weighted by Gasteiger charge is -2.24. The quantitative estimate of drug-likeness (QED) is 0.442. The van der Waals surface area contributed by atoms with Crippen LogP contribution in [0.4, 0.5) is 0 Å². The molecule has 0 bridgehead atoms. The number of benzene rings is 3. The molecule has 0 spiro atoms. The van der Waals surface area contributed by atoms with Crippen LogP contribution in [-0.2, 0) is 16.1 Å². The molecule has 3 aromatic rings. The molecule has 8 heteroatoms. The third kappa shape index (κ3) is 5.60. The zero-order valence-corrected chi connectivity index (χ0v) is 19.4. The second kappa shape index (κ2) is 11.2. The molecule has 1 aliphatic heterocycles. The minimum Gasteiger partial charge on any atom is -0.493 e. The summed E-state index contributed by atoms with van der Waals surface area (Å²) in [5, 5.41) is 5.39. The lowest BCUT2D eigenvalue weighted by Crippen LogP contribution is -2.43. The van der Waals surface area contributed by atoms with Crippen molar-refractivity contribution in [1.82, 2.24) is 15.5 Å². The highest BCUT2D eigenvalue weighted by atomic mass is 16.5. The Balaban J connectivity index is 1.32. The molecule has 180 valence electrons. The van der Waals surface area contributed by atoms with Gasteiger partial charge in [-0.05, 0) is 29.3 Å². The van der Waals surface area contributed by atoms with Crippen molar-refractivity contribution >= 4 is 17.7 Å². The van der Waals surface area contributed by atoms with Crippen molar-refractivity contribution < 1.29 is 23.9 Å². The van der Waals surface area contributed by atoms with Crippen LogP contribution in [0.2, 0.25) is 0 Å². The predicted molar refractivity (Wildman–Crippen MR) is 130 cm³/mol. The van der Waals surface area contributed by atoms with E-state index in [4.69, 9.17) is 9.47 Å². The number of hydrogen-bond acceptors (Lipinski definition) is 5. The molecule has 35 heavy (non-hydrogen) atoms. The van der Waals surface area contributed by atoms with Gasteiger partial charge in [-0.2, -0.15) is 0 Å². The lowest BCUT2D eigenvalue weighted by molar-refractivity contribution is -0.129. The number of nitrogens with zero attached hydrogens (tertiary/aromatic N) is 1. The van der Waals surface area contributed by atoms with E-state index in [1.165, 1.54) is 4.90 Å². The van der Waals surface area contributed by atoms with Gasteiger partial charge in [0.2, 0.25) is 11.8 Å². The Labute approximate surface area is 203 Å². The standard InChI is InChI=1S/C27H27N3O5/c1-34-22-13-7-8-14-23(22)35-16-15-28-24(31)17-29-26(32)25-20-11-5-6-12-21(20)27(33)30(25)18-19-9-3-2-4-10-19/h2-14,25H,15-18H2,1H3,(H,28,31)(H,29,32). The normalized spacial score (nSPS) is 14.3. The number of carbonyl (C=O) groups is 3. The van der Waals surface area contributed by atoms with Crippen molar-refractivity contribution in [2.24, 2.45) is 0 Å². The van der Waals surface area contributed by atoms with Crippen LogP contribution in [0.25, 0.3) is 0 Å². The van der Waals surface area contributed by atoms with E-state index in [0.29, 0.717) is 29.2 Å². The Kier molecular flexibility index (Phi) is 7.62. The first-order chi connectivity index (χ1) is 17.1. The average molecular weight is 474 g/mol. The van der Waals surface area contributed by atoms with Gasteiger partial charge in [0.05, 0.1) is 20.2 Å². The van der Waals surface area contributed by atoms with Gasteiger partial charge in [-0.1, -0.05) is 60.7 Å². The van der Waals surface area contributed by atoms with Crippen molar-refractivity contribution in [3.05, 3.63) is 95.6 Å². The molecular weight excluding hydrogens is 446 g/mol. The monoisotopic (exact) mass is 473 g/mol. The summed E-state index contributed by atoms with van der Waals surface area (Å²) < 4.78 is 10.9. The van der Waals surface area contributed by atoms with E-state index in [2.05, 4.69) is 10.6 Å². The van der Waals surface area contributed by atoms with Gasteiger partial charge < -0.3 is 25.0 Å². The molecule has 1 atom stereocenters. The summed E-state index contributed by atoms with van der Waals surface area (Å²) in [5.74, 6) is 0.231. The summed E-state index contributed by atoms with van der Waals surface area (Å²) in [7, 11) is 1.56. The van der Waals surface area contributed by atoms with Gasteiger partial charge in [0.25, 0.3) is 5.91 Å². The Hall–Kier alpha value is -4.33. The SMILES string of the molecule is COc1ccccc1OCCNC(=O)CNC(=O)C1c2ccccc2C(=O)N1Cc1ccccc1. The van der Waals surface area contributed by atoms with E-state index in [1.54, 1.807) is 43.5 Å². The van der Waals surface area contributed by atoms with E-state index in [1.807, 2.05) is 42.5 Å². The van der Waals surface area contributed by atoms with Crippen molar-refractivity contribution in [3.63, 3.8) is 0 Å². The molecule has 0 aliphatic carbocycles. The minimum atomic E-state index is -0.805. The molecule has 0 saturated carbocycles. The average Bonchev–Trinajstić information content (AvgIpc) is 3.17. The van der Waals surface area contributed by atoms with Crippen LogP contribution in [0.1, 0.15) is 27.5 Å². The number of carbonyl (C=O) groups excluding carboxylic acids is 3. The van der Waals surface area contributed by atoms with Crippen LogP contribution in [0.15, 0.2) is 78.9 Å². The molecule has 2 N–H and O–H groups in total. The number of methoxy groups -OCH3 is 1. The molecule has 1 aliphatic rings. The summed E-state index contributed by atoms with van der Waals surface area (Å²) >= 11 is 0.